The smallest absolute Gasteiger partial charge is 0.254 e. The van der Waals surface area contributed by atoms with Crippen LogP contribution in [0, 0.1) is 11.8 Å². The van der Waals surface area contributed by atoms with Crippen molar-refractivity contribution in [3.63, 3.8) is 0 Å². The van der Waals surface area contributed by atoms with E-state index in [1.807, 2.05) is 30.3 Å². The number of hydrogen-bond donors (Lipinski definition) is 1. The molecule has 0 aromatic heterocycles. The van der Waals surface area contributed by atoms with Crippen molar-refractivity contribution in [2.24, 2.45) is 11.8 Å². The van der Waals surface area contributed by atoms with E-state index in [1.165, 1.54) is 0 Å². The molecule has 1 aromatic carbocycles. The van der Waals surface area contributed by atoms with Gasteiger partial charge in [-0.3, -0.25) is 9.59 Å². The molecule has 1 aromatic rings. The third kappa shape index (κ3) is 4.57. The Bertz CT molecular complexity index is 540. The second-order valence-electron chi connectivity index (χ2n) is 7.30. The molecule has 0 spiro atoms. The number of nitrogens with zero attached hydrogens (tertiary/aromatic N) is 1. The minimum absolute atomic E-state index is 0.0140. The lowest BCUT2D eigenvalue weighted by atomic mass is 9.94. The molecule has 23 heavy (non-hydrogen) atoms. The van der Waals surface area contributed by atoms with Crippen molar-refractivity contribution < 1.29 is 9.59 Å². The topological polar surface area (TPSA) is 49.4 Å². The highest BCUT2D eigenvalue weighted by atomic mass is 16.2. The first-order valence-electron chi connectivity index (χ1n) is 8.54. The number of nitrogens with one attached hydrogen (secondary N) is 1. The van der Waals surface area contributed by atoms with Crippen LogP contribution in [0.3, 0.4) is 0 Å². The van der Waals surface area contributed by atoms with Crippen molar-refractivity contribution in [1.29, 1.82) is 0 Å². The first kappa shape index (κ1) is 17.5. The molecule has 1 saturated heterocycles. The van der Waals surface area contributed by atoms with E-state index in [0.29, 0.717) is 30.4 Å². The van der Waals surface area contributed by atoms with Crippen LogP contribution in [0.1, 0.15) is 50.9 Å². The SMILES string of the molecule is CC(C)C[C@H]1CN(C(=O)c2ccccc2)[C@@H](CC(C)C)C(=O)N1. The van der Waals surface area contributed by atoms with Gasteiger partial charge in [0, 0.05) is 18.2 Å². The Labute approximate surface area is 139 Å². The largest absolute Gasteiger partial charge is 0.350 e. The predicted octanol–water partition coefficient (Wildman–Crippen LogP) is 3.09. The molecule has 1 aliphatic heterocycles. The number of benzene rings is 1. The highest BCUT2D eigenvalue weighted by Gasteiger charge is 2.37. The van der Waals surface area contributed by atoms with Gasteiger partial charge < -0.3 is 10.2 Å². The minimum Gasteiger partial charge on any atom is -0.350 e. The van der Waals surface area contributed by atoms with Crippen molar-refractivity contribution >= 4 is 11.8 Å². The molecule has 1 aliphatic rings. The summed E-state index contributed by atoms with van der Waals surface area (Å²) in [4.78, 5) is 27.3. The molecule has 4 nitrogen and oxygen atoms in total. The Hall–Kier alpha value is -1.84. The fraction of sp³-hybridized carbons (Fsp3) is 0.579. The van der Waals surface area contributed by atoms with E-state index in [-0.39, 0.29) is 23.9 Å². The van der Waals surface area contributed by atoms with E-state index in [1.54, 1.807) is 4.90 Å². The van der Waals surface area contributed by atoms with E-state index in [2.05, 4.69) is 33.0 Å². The number of carbonyl (C=O) groups is 2. The standard InChI is InChI=1S/C19H28N2O2/c1-13(2)10-16-12-21(17(11-14(3)4)18(22)20-16)19(23)15-8-6-5-7-9-15/h5-9,13-14,16-17H,10-12H2,1-4H3,(H,20,22)/t16-,17-/m0/s1. The number of amides is 2. The van der Waals surface area contributed by atoms with Gasteiger partial charge in [-0.15, -0.1) is 0 Å². The van der Waals surface area contributed by atoms with Crippen LogP contribution >= 0.6 is 0 Å². The zero-order chi connectivity index (χ0) is 17.0. The Kier molecular flexibility index (Phi) is 5.80. The van der Waals surface area contributed by atoms with Crippen LogP contribution in [0.15, 0.2) is 30.3 Å². The fourth-order valence-corrected chi connectivity index (χ4v) is 3.20. The maximum absolute atomic E-state index is 12.9. The number of hydrogen-bond acceptors (Lipinski definition) is 2. The molecule has 2 rings (SSSR count). The maximum atomic E-state index is 12.9. The molecule has 2 amide bonds. The zero-order valence-corrected chi connectivity index (χ0v) is 14.6. The van der Waals surface area contributed by atoms with Gasteiger partial charge in [0.25, 0.3) is 5.91 Å². The summed E-state index contributed by atoms with van der Waals surface area (Å²) < 4.78 is 0. The van der Waals surface area contributed by atoms with Gasteiger partial charge in [0.1, 0.15) is 6.04 Å². The average molecular weight is 316 g/mol. The van der Waals surface area contributed by atoms with E-state index in [4.69, 9.17) is 0 Å². The molecule has 0 saturated carbocycles. The summed E-state index contributed by atoms with van der Waals surface area (Å²) in [6.07, 6.45) is 1.58. The lowest BCUT2D eigenvalue weighted by Gasteiger charge is -2.40. The highest BCUT2D eigenvalue weighted by molar-refractivity contribution is 5.98. The van der Waals surface area contributed by atoms with Crippen LogP contribution < -0.4 is 5.32 Å². The third-order valence-electron chi connectivity index (χ3n) is 4.17. The average Bonchev–Trinajstić information content (AvgIpc) is 2.49. The highest BCUT2D eigenvalue weighted by Crippen LogP contribution is 2.21. The minimum atomic E-state index is -0.369. The number of rotatable bonds is 5. The third-order valence-corrected chi connectivity index (χ3v) is 4.17. The van der Waals surface area contributed by atoms with Crippen molar-refractivity contribution in [3.05, 3.63) is 35.9 Å². The summed E-state index contributed by atoms with van der Waals surface area (Å²) >= 11 is 0. The van der Waals surface area contributed by atoms with E-state index in [0.717, 1.165) is 6.42 Å². The molecule has 0 radical (unpaired) electrons. The van der Waals surface area contributed by atoms with Gasteiger partial charge in [0.2, 0.25) is 5.91 Å². The summed E-state index contributed by atoms with van der Waals surface area (Å²) in [6, 6.07) is 8.93. The second kappa shape index (κ2) is 7.62. The van der Waals surface area contributed by atoms with Crippen LogP contribution in [0.5, 0.6) is 0 Å². The summed E-state index contributed by atoms with van der Waals surface area (Å²) in [5.41, 5.74) is 0.652. The molecule has 2 atom stereocenters. The normalized spacial score (nSPS) is 21.7. The summed E-state index contributed by atoms with van der Waals surface area (Å²) in [5.74, 6) is 0.786. The maximum Gasteiger partial charge on any atom is 0.254 e. The van der Waals surface area contributed by atoms with Gasteiger partial charge in [-0.25, -0.2) is 0 Å². The number of carbonyl (C=O) groups excluding carboxylic acids is 2. The van der Waals surface area contributed by atoms with Crippen molar-refractivity contribution in [3.8, 4) is 0 Å². The molecule has 1 heterocycles. The number of piperazine rings is 1. The molecule has 0 unspecified atom stereocenters. The molecule has 1 N–H and O–H groups in total. The fourth-order valence-electron chi connectivity index (χ4n) is 3.20. The molecule has 1 fully saturated rings. The summed E-state index contributed by atoms with van der Waals surface area (Å²) in [5, 5.41) is 3.11. The van der Waals surface area contributed by atoms with Gasteiger partial charge in [0.05, 0.1) is 0 Å². The lowest BCUT2D eigenvalue weighted by molar-refractivity contribution is -0.130. The molecule has 0 bridgehead atoms. The first-order valence-corrected chi connectivity index (χ1v) is 8.54. The zero-order valence-electron chi connectivity index (χ0n) is 14.6. The van der Waals surface area contributed by atoms with E-state index < -0.39 is 0 Å². The van der Waals surface area contributed by atoms with Crippen LogP contribution in [0.4, 0.5) is 0 Å². The summed E-state index contributed by atoms with van der Waals surface area (Å²) in [6.45, 7) is 9.03. The Balaban J connectivity index is 2.24. The molecule has 4 heteroatoms. The quantitative estimate of drug-likeness (QED) is 0.907. The van der Waals surface area contributed by atoms with Crippen LogP contribution in [-0.2, 0) is 4.79 Å². The van der Waals surface area contributed by atoms with E-state index >= 15 is 0 Å². The Morgan fingerprint density at radius 3 is 2.30 bits per heavy atom. The predicted molar refractivity (Wildman–Crippen MR) is 92.1 cm³/mol. The van der Waals surface area contributed by atoms with Gasteiger partial charge in [-0.2, -0.15) is 0 Å². The monoisotopic (exact) mass is 316 g/mol. The summed E-state index contributed by atoms with van der Waals surface area (Å²) in [7, 11) is 0. The van der Waals surface area contributed by atoms with Gasteiger partial charge in [-0.05, 0) is 36.8 Å². The van der Waals surface area contributed by atoms with Gasteiger partial charge in [0.15, 0.2) is 0 Å². The molecule has 126 valence electrons. The van der Waals surface area contributed by atoms with Crippen LogP contribution in [0.2, 0.25) is 0 Å². The van der Waals surface area contributed by atoms with E-state index in [9.17, 15) is 9.59 Å². The first-order chi connectivity index (χ1) is 10.9. The molecular weight excluding hydrogens is 288 g/mol. The van der Waals surface area contributed by atoms with Crippen LogP contribution in [-0.4, -0.2) is 35.3 Å². The van der Waals surface area contributed by atoms with Gasteiger partial charge in [-0.1, -0.05) is 45.9 Å². The van der Waals surface area contributed by atoms with Crippen molar-refractivity contribution in [1.82, 2.24) is 10.2 Å². The van der Waals surface area contributed by atoms with Crippen molar-refractivity contribution in [2.75, 3.05) is 6.54 Å². The Morgan fingerprint density at radius 2 is 1.74 bits per heavy atom. The Morgan fingerprint density at radius 1 is 1.13 bits per heavy atom. The van der Waals surface area contributed by atoms with Crippen LogP contribution in [0.25, 0.3) is 0 Å². The van der Waals surface area contributed by atoms with Crippen molar-refractivity contribution in [2.45, 2.75) is 52.6 Å². The molecular formula is C19H28N2O2. The lowest BCUT2D eigenvalue weighted by Crippen LogP contribution is -2.62. The molecule has 0 aliphatic carbocycles. The van der Waals surface area contributed by atoms with Gasteiger partial charge >= 0.3 is 0 Å². The second-order valence-corrected chi connectivity index (χ2v) is 7.30.